The van der Waals surface area contributed by atoms with E-state index in [9.17, 15) is 0 Å². The van der Waals surface area contributed by atoms with E-state index < -0.39 is 0 Å². The Morgan fingerprint density at radius 3 is 2.50 bits per heavy atom. The average molecular weight is 342 g/mol. The maximum atomic E-state index is 4.64. The van der Waals surface area contributed by atoms with Crippen molar-refractivity contribution in [3.05, 3.63) is 71.5 Å². The molecule has 1 aromatic heterocycles. The van der Waals surface area contributed by atoms with Crippen LogP contribution in [0.15, 0.2) is 54.7 Å². The number of aryl methyl sites for hydroxylation is 1. The Hall–Kier alpha value is -2.61. The highest BCUT2D eigenvalue weighted by Gasteiger charge is 2.12. The molecule has 0 spiro atoms. The summed E-state index contributed by atoms with van der Waals surface area (Å²) in [5.41, 5.74) is 4.89. The first kappa shape index (κ1) is 16.8. The Balaban J connectivity index is 1.63. The van der Waals surface area contributed by atoms with Crippen LogP contribution in [0.4, 0.5) is 5.69 Å². The van der Waals surface area contributed by atoms with Crippen LogP contribution in [0.5, 0.6) is 0 Å². The van der Waals surface area contributed by atoms with E-state index in [2.05, 4.69) is 77.5 Å². The van der Waals surface area contributed by atoms with Gasteiger partial charge in [-0.15, -0.1) is 0 Å². The summed E-state index contributed by atoms with van der Waals surface area (Å²) in [6, 6.07) is 17.2. The van der Waals surface area contributed by atoms with E-state index in [1.165, 1.54) is 53.3 Å². The van der Waals surface area contributed by atoms with E-state index in [1.807, 2.05) is 6.20 Å². The van der Waals surface area contributed by atoms with Gasteiger partial charge in [-0.25, -0.2) is 0 Å². The standard InChI is InChI=1S/C24H26N2/c1-19-18-25-22(17-24(19)26-15-6-2-3-7-16-26)14-13-21-11-8-10-20-9-4-5-12-23(20)21/h4-5,8-14,17-18H,2-3,6-7,15-16H2,1H3/b14-13-. The van der Waals surface area contributed by atoms with Gasteiger partial charge in [-0.3, -0.25) is 4.98 Å². The minimum Gasteiger partial charge on any atom is -0.371 e. The van der Waals surface area contributed by atoms with Crippen LogP contribution in [0.1, 0.15) is 42.5 Å². The minimum atomic E-state index is 1.03. The molecule has 0 atom stereocenters. The molecule has 0 unspecified atom stereocenters. The lowest BCUT2D eigenvalue weighted by molar-refractivity contribution is 0.726. The van der Waals surface area contributed by atoms with Crippen molar-refractivity contribution < 1.29 is 0 Å². The largest absolute Gasteiger partial charge is 0.371 e. The molecule has 0 aliphatic carbocycles. The quantitative estimate of drug-likeness (QED) is 0.572. The van der Waals surface area contributed by atoms with Crippen LogP contribution in [0.3, 0.4) is 0 Å². The number of benzene rings is 2. The van der Waals surface area contributed by atoms with E-state index in [0.29, 0.717) is 0 Å². The number of anilines is 1. The van der Waals surface area contributed by atoms with Crippen molar-refractivity contribution in [1.82, 2.24) is 4.98 Å². The molecule has 0 bridgehead atoms. The highest BCUT2D eigenvalue weighted by Crippen LogP contribution is 2.25. The lowest BCUT2D eigenvalue weighted by Crippen LogP contribution is -2.24. The fourth-order valence-electron chi connectivity index (χ4n) is 3.84. The van der Waals surface area contributed by atoms with Gasteiger partial charge in [0, 0.05) is 25.0 Å². The lowest BCUT2D eigenvalue weighted by atomic mass is 10.0. The third-order valence-corrected chi connectivity index (χ3v) is 5.30. The molecule has 0 radical (unpaired) electrons. The average Bonchev–Trinajstić information content (AvgIpc) is 2.97. The summed E-state index contributed by atoms with van der Waals surface area (Å²) >= 11 is 0. The third kappa shape index (κ3) is 3.65. The van der Waals surface area contributed by atoms with Crippen LogP contribution in [0.25, 0.3) is 22.9 Å². The molecule has 2 nitrogen and oxygen atoms in total. The molecule has 2 heterocycles. The molecule has 26 heavy (non-hydrogen) atoms. The first-order chi connectivity index (χ1) is 12.8. The van der Waals surface area contributed by atoms with E-state index in [1.54, 1.807) is 0 Å². The summed E-state index contributed by atoms with van der Waals surface area (Å²) in [4.78, 5) is 7.18. The van der Waals surface area contributed by atoms with Gasteiger partial charge in [-0.1, -0.05) is 61.4 Å². The second-order valence-corrected chi connectivity index (χ2v) is 7.20. The van der Waals surface area contributed by atoms with Crippen LogP contribution in [-0.2, 0) is 0 Å². The first-order valence-corrected chi connectivity index (χ1v) is 9.69. The maximum Gasteiger partial charge on any atom is 0.0650 e. The Kier molecular flexibility index (Phi) is 5.01. The number of pyridine rings is 1. The first-order valence-electron chi connectivity index (χ1n) is 9.69. The van der Waals surface area contributed by atoms with Gasteiger partial charge < -0.3 is 4.90 Å². The zero-order valence-electron chi connectivity index (χ0n) is 15.5. The van der Waals surface area contributed by atoms with E-state index in [-0.39, 0.29) is 0 Å². The zero-order chi connectivity index (χ0) is 17.8. The normalized spacial score (nSPS) is 15.5. The molecule has 0 saturated carbocycles. The lowest BCUT2D eigenvalue weighted by Gasteiger charge is -2.24. The number of hydrogen-bond acceptors (Lipinski definition) is 2. The Morgan fingerprint density at radius 1 is 0.885 bits per heavy atom. The zero-order valence-corrected chi connectivity index (χ0v) is 15.5. The van der Waals surface area contributed by atoms with Gasteiger partial charge in [-0.05, 0) is 53.8 Å². The molecule has 3 aromatic rings. The summed E-state index contributed by atoms with van der Waals surface area (Å²) in [6.07, 6.45) is 11.6. The highest BCUT2D eigenvalue weighted by atomic mass is 15.1. The molecule has 1 fully saturated rings. The Labute approximate surface area is 156 Å². The second-order valence-electron chi connectivity index (χ2n) is 7.20. The molecule has 2 aromatic carbocycles. The van der Waals surface area contributed by atoms with Crippen molar-refractivity contribution in [2.45, 2.75) is 32.6 Å². The summed E-state index contributed by atoms with van der Waals surface area (Å²) in [7, 11) is 0. The second kappa shape index (κ2) is 7.74. The van der Waals surface area contributed by atoms with E-state index in [4.69, 9.17) is 0 Å². The third-order valence-electron chi connectivity index (χ3n) is 5.30. The van der Waals surface area contributed by atoms with Crippen LogP contribution in [0, 0.1) is 6.92 Å². The smallest absolute Gasteiger partial charge is 0.0650 e. The molecular formula is C24H26N2. The van der Waals surface area contributed by atoms with Crippen molar-refractivity contribution in [2.24, 2.45) is 0 Å². The predicted molar refractivity (Wildman–Crippen MR) is 113 cm³/mol. The summed E-state index contributed by atoms with van der Waals surface area (Å²) in [5.74, 6) is 0. The number of hydrogen-bond donors (Lipinski definition) is 0. The van der Waals surface area contributed by atoms with Crippen LogP contribution in [-0.4, -0.2) is 18.1 Å². The van der Waals surface area contributed by atoms with Gasteiger partial charge in [0.1, 0.15) is 0 Å². The summed E-state index contributed by atoms with van der Waals surface area (Å²) in [6.45, 7) is 4.50. The van der Waals surface area contributed by atoms with Crippen LogP contribution >= 0.6 is 0 Å². The monoisotopic (exact) mass is 342 g/mol. The molecule has 0 N–H and O–H groups in total. The van der Waals surface area contributed by atoms with Gasteiger partial charge in [0.15, 0.2) is 0 Å². The Morgan fingerprint density at radius 2 is 1.65 bits per heavy atom. The molecule has 4 rings (SSSR count). The van der Waals surface area contributed by atoms with Crippen LogP contribution < -0.4 is 4.90 Å². The number of rotatable bonds is 3. The Bertz CT molecular complexity index is 913. The van der Waals surface area contributed by atoms with Crippen molar-refractivity contribution in [2.75, 3.05) is 18.0 Å². The molecule has 2 heteroatoms. The molecule has 1 saturated heterocycles. The minimum absolute atomic E-state index is 1.03. The fourth-order valence-corrected chi connectivity index (χ4v) is 3.84. The molecule has 0 amide bonds. The number of aromatic nitrogens is 1. The maximum absolute atomic E-state index is 4.64. The highest BCUT2D eigenvalue weighted by molar-refractivity contribution is 5.92. The predicted octanol–water partition coefficient (Wildman–Crippen LogP) is 6.09. The van der Waals surface area contributed by atoms with Gasteiger partial charge in [-0.2, -0.15) is 0 Å². The van der Waals surface area contributed by atoms with Gasteiger partial charge >= 0.3 is 0 Å². The van der Waals surface area contributed by atoms with Crippen molar-refractivity contribution in [3.8, 4) is 0 Å². The van der Waals surface area contributed by atoms with E-state index in [0.717, 1.165) is 18.8 Å². The van der Waals surface area contributed by atoms with Crippen LogP contribution in [0.2, 0.25) is 0 Å². The SMILES string of the molecule is Cc1cnc(/C=C\c2cccc3ccccc23)cc1N1CCCCCC1. The number of fused-ring (bicyclic) bond motifs is 1. The van der Waals surface area contributed by atoms with Crippen molar-refractivity contribution >= 4 is 28.6 Å². The topological polar surface area (TPSA) is 16.1 Å². The van der Waals surface area contributed by atoms with Crippen molar-refractivity contribution in [1.29, 1.82) is 0 Å². The van der Waals surface area contributed by atoms with Gasteiger partial charge in [0.25, 0.3) is 0 Å². The molecule has 132 valence electrons. The molecular weight excluding hydrogens is 316 g/mol. The van der Waals surface area contributed by atoms with Gasteiger partial charge in [0.2, 0.25) is 0 Å². The van der Waals surface area contributed by atoms with E-state index >= 15 is 0 Å². The van der Waals surface area contributed by atoms with Gasteiger partial charge in [0.05, 0.1) is 5.69 Å². The molecule has 1 aliphatic rings. The number of nitrogens with zero attached hydrogens (tertiary/aromatic N) is 2. The fraction of sp³-hybridized carbons (Fsp3) is 0.292. The summed E-state index contributed by atoms with van der Waals surface area (Å²) < 4.78 is 0. The molecule has 1 aliphatic heterocycles. The summed E-state index contributed by atoms with van der Waals surface area (Å²) in [5, 5.41) is 2.56. The van der Waals surface area contributed by atoms with Crippen molar-refractivity contribution in [3.63, 3.8) is 0 Å².